The minimum Gasteiger partial charge on any atom is -0.351 e. The van der Waals surface area contributed by atoms with Gasteiger partial charge in [0.1, 0.15) is 5.82 Å². The van der Waals surface area contributed by atoms with E-state index >= 15 is 0 Å². The summed E-state index contributed by atoms with van der Waals surface area (Å²) in [6, 6.07) is 6.31. The fourth-order valence-electron chi connectivity index (χ4n) is 3.76. The number of amides is 1. The Morgan fingerprint density at radius 1 is 1.26 bits per heavy atom. The van der Waals surface area contributed by atoms with Gasteiger partial charge in [-0.15, -0.1) is 24.8 Å². The maximum atomic E-state index is 13.2. The molecule has 0 radical (unpaired) electrons. The Morgan fingerprint density at radius 3 is 2.63 bits per heavy atom. The lowest BCUT2D eigenvalue weighted by Gasteiger charge is -2.22. The molecule has 1 aliphatic carbocycles. The number of aromatic nitrogens is 1. The molecular formula is C20H24Cl2FN3O. The molecule has 2 heterocycles. The zero-order chi connectivity index (χ0) is 17.4. The van der Waals surface area contributed by atoms with Gasteiger partial charge in [-0.1, -0.05) is 12.1 Å². The molecule has 2 aromatic rings. The van der Waals surface area contributed by atoms with Gasteiger partial charge in [0.05, 0.1) is 5.41 Å². The number of rotatable bonds is 4. The van der Waals surface area contributed by atoms with Crippen LogP contribution in [0.3, 0.4) is 0 Å². The van der Waals surface area contributed by atoms with E-state index in [9.17, 15) is 9.18 Å². The Morgan fingerprint density at radius 2 is 1.96 bits per heavy atom. The quantitative estimate of drug-likeness (QED) is 0.810. The summed E-state index contributed by atoms with van der Waals surface area (Å²) in [5.74, 6) is -0.240. The second kappa shape index (κ2) is 8.55. The summed E-state index contributed by atoms with van der Waals surface area (Å²) in [5.41, 5.74) is 5.08. The third kappa shape index (κ3) is 4.10. The highest BCUT2D eigenvalue weighted by Gasteiger charge is 2.51. The van der Waals surface area contributed by atoms with Gasteiger partial charge < -0.3 is 10.6 Å². The first-order chi connectivity index (χ1) is 12.1. The van der Waals surface area contributed by atoms with E-state index in [1.807, 2.05) is 13.1 Å². The predicted octanol–water partition coefficient (Wildman–Crippen LogP) is 3.37. The predicted molar refractivity (Wildman–Crippen MR) is 108 cm³/mol. The third-order valence-corrected chi connectivity index (χ3v) is 5.48. The molecule has 1 saturated carbocycles. The van der Waals surface area contributed by atoms with Crippen molar-refractivity contribution >= 4 is 30.7 Å². The Hall–Kier alpha value is -1.69. The van der Waals surface area contributed by atoms with Crippen LogP contribution >= 0.6 is 24.8 Å². The van der Waals surface area contributed by atoms with Gasteiger partial charge in [0.2, 0.25) is 5.91 Å². The van der Waals surface area contributed by atoms with Crippen molar-refractivity contribution in [1.29, 1.82) is 0 Å². The van der Waals surface area contributed by atoms with Crippen LogP contribution in [0.1, 0.15) is 40.8 Å². The van der Waals surface area contributed by atoms with E-state index in [1.165, 1.54) is 23.3 Å². The Bertz CT molecular complexity index is 823. The number of nitrogens with one attached hydrogen (secondary N) is 2. The normalized spacial score (nSPS) is 16.4. The Kier molecular flexibility index (Phi) is 6.84. The smallest absolute Gasteiger partial charge is 0.230 e. The van der Waals surface area contributed by atoms with Crippen LogP contribution in [0.15, 0.2) is 30.5 Å². The molecule has 1 amide bonds. The fourth-order valence-corrected chi connectivity index (χ4v) is 3.76. The SMILES string of the molecule is Cc1ncc2c(c1CNC(=O)C1(c3ccc(F)cc3)CC1)CCNC2.Cl.Cl. The number of carbonyl (C=O) groups excluding carboxylic acids is 1. The van der Waals surface area contributed by atoms with Gasteiger partial charge >= 0.3 is 0 Å². The molecule has 0 atom stereocenters. The second-order valence-electron chi connectivity index (χ2n) is 7.02. The summed E-state index contributed by atoms with van der Waals surface area (Å²) in [6.07, 6.45) is 4.53. The van der Waals surface area contributed by atoms with Crippen LogP contribution in [0.4, 0.5) is 4.39 Å². The lowest BCUT2D eigenvalue weighted by molar-refractivity contribution is -0.123. The fraction of sp³-hybridized carbons (Fsp3) is 0.400. The number of hydrogen-bond acceptors (Lipinski definition) is 3. The number of nitrogens with zero attached hydrogens (tertiary/aromatic N) is 1. The van der Waals surface area contributed by atoms with Crippen molar-refractivity contribution in [1.82, 2.24) is 15.6 Å². The van der Waals surface area contributed by atoms with Gasteiger partial charge in [0.15, 0.2) is 0 Å². The molecule has 1 aromatic heterocycles. The average molecular weight is 412 g/mol. The molecule has 27 heavy (non-hydrogen) atoms. The molecule has 0 saturated heterocycles. The van der Waals surface area contributed by atoms with Gasteiger partial charge in [-0.3, -0.25) is 9.78 Å². The van der Waals surface area contributed by atoms with Crippen LogP contribution in [-0.4, -0.2) is 17.4 Å². The topological polar surface area (TPSA) is 54.0 Å². The maximum Gasteiger partial charge on any atom is 0.230 e. The molecule has 146 valence electrons. The first kappa shape index (κ1) is 21.6. The Labute approximate surface area is 171 Å². The van der Waals surface area contributed by atoms with Crippen LogP contribution in [0, 0.1) is 12.7 Å². The number of benzene rings is 1. The summed E-state index contributed by atoms with van der Waals surface area (Å²) in [6.45, 7) is 4.29. The lowest BCUT2D eigenvalue weighted by Crippen LogP contribution is -2.35. The molecule has 0 unspecified atom stereocenters. The molecule has 1 aromatic carbocycles. The van der Waals surface area contributed by atoms with Crippen LogP contribution in [0.2, 0.25) is 0 Å². The average Bonchev–Trinajstić information content (AvgIpc) is 3.43. The van der Waals surface area contributed by atoms with Crippen molar-refractivity contribution in [3.05, 3.63) is 64.2 Å². The van der Waals surface area contributed by atoms with Gasteiger partial charge in [0, 0.05) is 25.0 Å². The molecule has 0 bridgehead atoms. The van der Waals surface area contributed by atoms with Gasteiger partial charge in [0.25, 0.3) is 0 Å². The highest BCUT2D eigenvalue weighted by molar-refractivity contribution is 5.91. The zero-order valence-corrected chi connectivity index (χ0v) is 16.8. The van der Waals surface area contributed by atoms with Crippen LogP contribution < -0.4 is 10.6 Å². The highest BCUT2D eigenvalue weighted by Crippen LogP contribution is 2.48. The van der Waals surface area contributed by atoms with Crippen molar-refractivity contribution < 1.29 is 9.18 Å². The largest absolute Gasteiger partial charge is 0.351 e. The second-order valence-corrected chi connectivity index (χ2v) is 7.02. The molecule has 7 heteroatoms. The van der Waals surface area contributed by atoms with E-state index in [-0.39, 0.29) is 36.5 Å². The summed E-state index contributed by atoms with van der Waals surface area (Å²) in [7, 11) is 0. The summed E-state index contributed by atoms with van der Waals surface area (Å²) in [5, 5.41) is 6.47. The van der Waals surface area contributed by atoms with Gasteiger partial charge in [-0.05, 0) is 67.1 Å². The number of fused-ring (bicyclic) bond motifs is 1. The van der Waals surface area contributed by atoms with Crippen molar-refractivity contribution in [2.24, 2.45) is 0 Å². The monoisotopic (exact) mass is 411 g/mol. The zero-order valence-electron chi connectivity index (χ0n) is 15.2. The number of halogens is 3. The van der Waals surface area contributed by atoms with Crippen molar-refractivity contribution in [3.63, 3.8) is 0 Å². The van der Waals surface area contributed by atoms with Crippen LogP contribution in [-0.2, 0) is 29.7 Å². The lowest BCUT2D eigenvalue weighted by atomic mass is 9.93. The van der Waals surface area contributed by atoms with Crippen LogP contribution in [0.25, 0.3) is 0 Å². The van der Waals surface area contributed by atoms with E-state index in [0.29, 0.717) is 6.54 Å². The standard InChI is InChI=1S/C20H22FN3O.2ClH/c1-13-18(17-6-9-22-10-14(17)11-23-13)12-24-19(25)20(7-8-20)15-2-4-16(21)5-3-15;;/h2-5,11,22H,6-10,12H2,1H3,(H,24,25);2*1H. The van der Waals surface area contributed by atoms with Crippen molar-refractivity contribution in [3.8, 4) is 0 Å². The summed E-state index contributed by atoms with van der Waals surface area (Å²) in [4.78, 5) is 17.3. The van der Waals surface area contributed by atoms with E-state index in [1.54, 1.807) is 12.1 Å². The Balaban J connectivity index is 0.00000131. The van der Waals surface area contributed by atoms with E-state index in [4.69, 9.17) is 0 Å². The maximum absolute atomic E-state index is 13.2. The first-order valence-corrected chi connectivity index (χ1v) is 8.81. The molecule has 2 N–H and O–H groups in total. The minimum atomic E-state index is -0.481. The minimum absolute atomic E-state index is 0. The molecule has 4 nitrogen and oxygen atoms in total. The first-order valence-electron chi connectivity index (χ1n) is 8.81. The molecule has 4 rings (SSSR count). The van der Waals surface area contributed by atoms with E-state index in [0.717, 1.165) is 49.2 Å². The van der Waals surface area contributed by atoms with Gasteiger partial charge in [-0.2, -0.15) is 0 Å². The molecule has 1 fully saturated rings. The molecule has 1 aliphatic heterocycles. The number of pyridine rings is 1. The summed E-state index contributed by atoms with van der Waals surface area (Å²) < 4.78 is 13.2. The third-order valence-electron chi connectivity index (χ3n) is 5.48. The van der Waals surface area contributed by atoms with Crippen molar-refractivity contribution in [2.75, 3.05) is 6.54 Å². The molecule has 2 aliphatic rings. The van der Waals surface area contributed by atoms with E-state index < -0.39 is 5.41 Å². The number of carbonyl (C=O) groups is 1. The molecular weight excluding hydrogens is 388 g/mol. The van der Waals surface area contributed by atoms with Crippen molar-refractivity contribution in [2.45, 2.75) is 44.7 Å². The number of hydrogen-bond donors (Lipinski definition) is 2. The van der Waals surface area contributed by atoms with Gasteiger partial charge in [-0.25, -0.2) is 4.39 Å². The molecule has 0 spiro atoms. The highest BCUT2D eigenvalue weighted by atomic mass is 35.5. The number of aryl methyl sites for hydroxylation is 1. The van der Waals surface area contributed by atoms with E-state index in [2.05, 4.69) is 15.6 Å². The summed E-state index contributed by atoms with van der Waals surface area (Å²) >= 11 is 0. The van der Waals surface area contributed by atoms with Crippen LogP contribution in [0.5, 0.6) is 0 Å².